The average molecular weight is 510 g/mol. The number of benzene rings is 3. The van der Waals surface area contributed by atoms with Gasteiger partial charge < -0.3 is 9.32 Å². The molecule has 1 amide bonds. The van der Waals surface area contributed by atoms with Gasteiger partial charge in [0.1, 0.15) is 5.58 Å². The SMILES string of the molecule is CCN(C(=O)c1cc2cc(Br)cc(Br)c2o1)c1cccc2ccccc12.Cl. The van der Waals surface area contributed by atoms with Crippen LogP contribution in [-0.4, -0.2) is 12.5 Å². The number of furan rings is 1. The molecule has 0 saturated carbocycles. The quantitative estimate of drug-likeness (QED) is 0.293. The number of halogens is 3. The number of carbonyl (C=O) groups is 1. The predicted octanol–water partition coefficient (Wildman–Crippen LogP) is 7.20. The standard InChI is InChI=1S/C21H15Br2NO2.ClH/c1-2-24(18-9-5-7-13-6-3-4-8-16(13)18)21(25)19-11-14-10-15(22)12-17(23)20(14)26-19;/h3-12H,2H2,1H3;1H. The maximum absolute atomic E-state index is 13.2. The van der Waals surface area contributed by atoms with Crippen molar-refractivity contribution in [2.75, 3.05) is 11.4 Å². The Balaban J connectivity index is 0.00000210. The Bertz CT molecular complexity index is 1130. The summed E-state index contributed by atoms with van der Waals surface area (Å²) >= 11 is 6.96. The zero-order valence-corrected chi connectivity index (χ0v) is 18.4. The highest BCUT2D eigenvalue weighted by atomic mass is 79.9. The van der Waals surface area contributed by atoms with E-state index < -0.39 is 0 Å². The third-order valence-corrected chi connectivity index (χ3v) is 5.41. The number of fused-ring (bicyclic) bond motifs is 2. The van der Waals surface area contributed by atoms with Gasteiger partial charge in [0.2, 0.25) is 0 Å². The van der Waals surface area contributed by atoms with Crippen LogP contribution in [0.15, 0.2) is 74.0 Å². The van der Waals surface area contributed by atoms with Crippen LogP contribution in [-0.2, 0) is 0 Å². The molecule has 4 aromatic rings. The molecule has 4 rings (SSSR count). The van der Waals surface area contributed by atoms with E-state index in [9.17, 15) is 4.79 Å². The molecule has 3 nitrogen and oxygen atoms in total. The molecule has 0 bridgehead atoms. The molecule has 0 N–H and O–H groups in total. The van der Waals surface area contributed by atoms with Crippen LogP contribution in [0.5, 0.6) is 0 Å². The van der Waals surface area contributed by atoms with E-state index in [2.05, 4.69) is 31.9 Å². The molecule has 0 spiro atoms. The molecule has 0 unspecified atom stereocenters. The zero-order chi connectivity index (χ0) is 18.3. The molecule has 0 aliphatic carbocycles. The van der Waals surface area contributed by atoms with Crippen LogP contribution in [0, 0.1) is 0 Å². The van der Waals surface area contributed by atoms with Gasteiger partial charge in [0.15, 0.2) is 5.76 Å². The van der Waals surface area contributed by atoms with Crippen molar-refractivity contribution in [2.24, 2.45) is 0 Å². The van der Waals surface area contributed by atoms with Gasteiger partial charge in [0, 0.05) is 21.8 Å². The fourth-order valence-corrected chi connectivity index (χ4v) is 4.52. The third-order valence-electron chi connectivity index (χ3n) is 4.37. The van der Waals surface area contributed by atoms with E-state index in [1.165, 1.54) is 0 Å². The maximum atomic E-state index is 13.2. The average Bonchev–Trinajstić information content (AvgIpc) is 3.07. The van der Waals surface area contributed by atoms with Gasteiger partial charge >= 0.3 is 0 Å². The van der Waals surface area contributed by atoms with Gasteiger partial charge in [-0.15, -0.1) is 12.4 Å². The van der Waals surface area contributed by atoms with Gasteiger partial charge in [0.25, 0.3) is 5.91 Å². The van der Waals surface area contributed by atoms with E-state index in [1.54, 1.807) is 11.0 Å². The summed E-state index contributed by atoms with van der Waals surface area (Å²) in [5.74, 6) is 0.177. The predicted molar refractivity (Wildman–Crippen MR) is 120 cm³/mol. The van der Waals surface area contributed by atoms with Crippen molar-refractivity contribution in [3.63, 3.8) is 0 Å². The fraction of sp³-hybridized carbons (Fsp3) is 0.0952. The van der Waals surface area contributed by atoms with Gasteiger partial charge in [-0.1, -0.05) is 52.3 Å². The zero-order valence-electron chi connectivity index (χ0n) is 14.4. The van der Waals surface area contributed by atoms with Crippen molar-refractivity contribution in [1.29, 1.82) is 0 Å². The number of anilines is 1. The molecular weight excluding hydrogens is 493 g/mol. The molecule has 1 heterocycles. The minimum Gasteiger partial charge on any atom is -0.450 e. The Morgan fingerprint density at radius 3 is 2.52 bits per heavy atom. The summed E-state index contributed by atoms with van der Waals surface area (Å²) in [5.41, 5.74) is 1.56. The van der Waals surface area contributed by atoms with Crippen LogP contribution in [0.4, 0.5) is 5.69 Å². The van der Waals surface area contributed by atoms with Crippen molar-refractivity contribution in [3.8, 4) is 0 Å². The van der Waals surface area contributed by atoms with Crippen molar-refractivity contribution in [3.05, 3.63) is 75.4 Å². The number of rotatable bonds is 3. The Hall–Kier alpha value is -1.82. The number of carbonyl (C=O) groups excluding carboxylic acids is 1. The van der Waals surface area contributed by atoms with Gasteiger partial charge in [-0.05, 0) is 52.5 Å². The molecular formula is C21H16Br2ClNO2. The summed E-state index contributed by atoms with van der Waals surface area (Å²) in [6, 6.07) is 19.7. The van der Waals surface area contributed by atoms with E-state index in [1.807, 2.05) is 61.5 Å². The Morgan fingerprint density at radius 2 is 1.74 bits per heavy atom. The highest BCUT2D eigenvalue weighted by Gasteiger charge is 2.22. The molecule has 138 valence electrons. The minimum absolute atomic E-state index is 0. The van der Waals surface area contributed by atoms with Gasteiger partial charge in [-0.25, -0.2) is 0 Å². The first kappa shape index (κ1) is 19.9. The first-order valence-corrected chi connectivity index (χ1v) is 9.85. The summed E-state index contributed by atoms with van der Waals surface area (Å²) < 4.78 is 7.62. The lowest BCUT2D eigenvalue weighted by Gasteiger charge is -2.21. The second kappa shape index (κ2) is 8.05. The highest BCUT2D eigenvalue weighted by molar-refractivity contribution is 9.11. The van der Waals surface area contributed by atoms with Crippen molar-refractivity contribution < 1.29 is 9.21 Å². The van der Waals surface area contributed by atoms with E-state index >= 15 is 0 Å². The normalized spacial score (nSPS) is 10.8. The van der Waals surface area contributed by atoms with Crippen LogP contribution in [0.1, 0.15) is 17.5 Å². The second-order valence-corrected chi connectivity index (χ2v) is 7.73. The Kier molecular flexibility index (Phi) is 5.94. The third kappa shape index (κ3) is 3.64. The first-order valence-electron chi connectivity index (χ1n) is 8.26. The van der Waals surface area contributed by atoms with Crippen molar-refractivity contribution >= 4 is 77.6 Å². The fourth-order valence-electron chi connectivity index (χ4n) is 3.18. The molecule has 0 radical (unpaired) electrons. The molecule has 3 aromatic carbocycles. The first-order chi connectivity index (χ1) is 12.6. The van der Waals surface area contributed by atoms with Crippen LogP contribution in [0.25, 0.3) is 21.7 Å². The Labute approximate surface area is 180 Å². The minimum atomic E-state index is -0.150. The van der Waals surface area contributed by atoms with Crippen LogP contribution < -0.4 is 4.90 Å². The van der Waals surface area contributed by atoms with Crippen molar-refractivity contribution in [2.45, 2.75) is 6.92 Å². The lowest BCUT2D eigenvalue weighted by molar-refractivity contribution is 0.0964. The number of nitrogens with zero attached hydrogens (tertiary/aromatic N) is 1. The van der Waals surface area contributed by atoms with Gasteiger partial charge in [0.05, 0.1) is 10.2 Å². The summed E-state index contributed by atoms with van der Waals surface area (Å²) in [5, 5.41) is 3.03. The van der Waals surface area contributed by atoms with Gasteiger partial charge in [-0.2, -0.15) is 0 Å². The molecule has 0 saturated heterocycles. The second-order valence-electron chi connectivity index (χ2n) is 5.96. The maximum Gasteiger partial charge on any atom is 0.294 e. The van der Waals surface area contributed by atoms with Crippen LogP contribution in [0.3, 0.4) is 0 Å². The molecule has 0 fully saturated rings. The molecule has 6 heteroatoms. The molecule has 0 atom stereocenters. The molecule has 1 aromatic heterocycles. The largest absolute Gasteiger partial charge is 0.450 e. The number of hydrogen-bond donors (Lipinski definition) is 0. The molecule has 27 heavy (non-hydrogen) atoms. The smallest absolute Gasteiger partial charge is 0.294 e. The molecule has 0 aliphatic rings. The summed E-state index contributed by atoms with van der Waals surface area (Å²) in [4.78, 5) is 14.9. The van der Waals surface area contributed by atoms with E-state index in [0.29, 0.717) is 17.9 Å². The van der Waals surface area contributed by atoms with Crippen LogP contribution in [0.2, 0.25) is 0 Å². The Morgan fingerprint density at radius 1 is 1.00 bits per heavy atom. The lowest BCUT2D eigenvalue weighted by Crippen LogP contribution is -2.30. The van der Waals surface area contributed by atoms with E-state index in [4.69, 9.17) is 4.42 Å². The lowest BCUT2D eigenvalue weighted by atomic mass is 10.1. The summed E-state index contributed by atoms with van der Waals surface area (Å²) in [6.45, 7) is 2.52. The number of hydrogen-bond acceptors (Lipinski definition) is 2. The van der Waals surface area contributed by atoms with E-state index in [0.717, 1.165) is 30.8 Å². The summed E-state index contributed by atoms with van der Waals surface area (Å²) in [6.07, 6.45) is 0. The van der Waals surface area contributed by atoms with Crippen molar-refractivity contribution in [1.82, 2.24) is 0 Å². The van der Waals surface area contributed by atoms with Gasteiger partial charge in [-0.3, -0.25) is 4.79 Å². The summed E-state index contributed by atoms with van der Waals surface area (Å²) in [7, 11) is 0. The monoisotopic (exact) mass is 507 g/mol. The number of amides is 1. The molecule has 0 aliphatic heterocycles. The topological polar surface area (TPSA) is 33.5 Å². The van der Waals surface area contributed by atoms with E-state index in [-0.39, 0.29) is 18.3 Å². The van der Waals surface area contributed by atoms with Crippen LogP contribution >= 0.6 is 44.3 Å². The highest BCUT2D eigenvalue weighted by Crippen LogP contribution is 2.33.